The molecule has 0 spiro atoms. The molecule has 2 aromatic rings. The summed E-state index contributed by atoms with van der Waals surface area (Å²) in [5, 5.41) is 6.32. The Morgan fingerprint density at radius 3 is 2.39 bits per heavy atom. The lowest BCUT2D eigenvalue weighted by Crippen LogP contribution is -2.10. The van der Waals surface area contributed by atoms with Crippen LogP contribution in [0.15, 0.2) is 47.5 Å². The smallest absolute Gasteiger partial charge is 0.222 e. The van der Waals surface area contributed by atoms with E-state index >= 15 is 0 Å². The number of rotatable bonds is 5. The Hall–Kier alpha value is -2.76. The van der Waals surface area contributed by atoms with Crippen LogP contribution in [-0.2, 0) is 10.2 Å². The maximum Gasteiger partial charge on any atom is 0.222 e. The summed E-state index contributed by atoms with van der Waals surface area (Å²) in [7, 11) is 0. The van der Waals surface area contributed by atoms with Crippen molar-refractivity contribution in [3.63, 3.8) is 0 Å². The van der Waals surface area contributed by atoms with Crippen molar-refractivity contribution in [1.82, 2.24) is 5.16 Å². The number of benzene rings is 1. The molecular weight excluding hydrogens is 294 g/mol. The molecule has 0 aliphatic heterocycles. The van der Waals surface area contributed by atoms with Crippen LogP contribution in [0.25, 0.3) is 0 Å². The van der Waals surface area contributed by atoms with Crippen molar-refractivity contribution in [2.45, 2.75) is 26.2 Å². The van der Waals surface area contributed by atoms with Crippen LogP contribution in [-0.4, -0.2) is 18.2 Å². The van der Waals surface area contributed by atoms with Crippen molar-refractivity contribution in [3.05, 3.63) is 48.7 Å². The predicted molar refractivity (Wildman–Crippen MR) is 91.4 cm³/mol. The largest absolute Gasteiger partial charge is 0.490 e. The molecule has 1 aromatic heterocycles. The van der Waals surface area contributed by atoms with Gasteiger partial charge in [0.15, 0.2) is 0 Å². The second-order valence-electron chi connectivity index (χ2n) is 5.75. The minimum Gasteiger partial charge on any atom is -0.490 e. The van der Waals surface area contributed by atoms with Crippen LogP contribution in [0.4, 0.5) is 11.6 Å². The highest BCUT2D eigenvalue weighted by atomic mass is 16.5. The summed E-state index contributed by atoms with van der Waals surface area (Å²) in [5.74, 6) is 1.14. The number of hydrogen-bond donors (Lipinski definition) is 2. The maximum absolute atomic E-state index is 10.1. The third-order valence-electron chi connectivity index (χ3n) is 2.74. The predicted octanol–water partition coefficient (Wildman–Crippen LogP) is 3.37. The van der Waals surface area contributed by atoms with Gasteiger partial charge in [-0.25, -0.2) is 0 Å². The molecule has 1 amide bonds. The topological polar surface area (TPSA) is 90.4 Å². The molecule has 2 rings (SSSR count). The maximum atomic E-state index is 10.1. The number of hydrogen-bond acceptors (Lipinski definition) is 5. The first-order valence-corrected chi connectivity index (χ1v) is 7.13. The van der Waals surface area contributed by atoms with Gasteiger partial charge in [-0.05, 0) is 24.3 Å². The SMILES string of the molecule is C=CCOc1ccc(NC=O)cc1.CC(C)(C)c1cc(N)on1. The van der Waals surface area contributed by atoms with Crippen molar-refractivity contribution in [2.75, 3.05) is 17.7 Å². The third-order valence-corrected chi connectivity index (χ3v) is 2.74. The van der Waals surface area contributed by atoms with Crippen LogP contribution >= 0.6 is 0 Å². The molecule has 3 N–H and O–H groups in total. The number of nitrogens with one attached hydrogen (secondary N) is 1. The van der Waals surface area contributed by atoms with E-state index in [0.717, 1.165) is 17.1 Å². The first kappa shape index (κ1) is 18.3. The van der Waals surface area contributed by atoms with Gasteiger partial charge in [-0.3, -0.25) is 4.79 Å². The number of nitrogens with two attached hydrogens (primary N) is 1. The van der Waals surface area contributed by atoms with Gasteiger partial charge in [0, 0.05) is 17.2 Å². The first-order valence-electron chi connectivity index (χ1n) is 7.13. The van der Waals surface area contributed by atoms with E-state index in [1.165, 1.54) is 0 Å². The van der Waals surface area contributed by atoms with Crippen molar-refractivity contribution in [2.24, 2.45) is 0 Å². The van der Waals surface area contributed by atoms with Gasteiger partial charge >= 0.3 is 0 Å². The highest BCUT2D eigenvalue weighted by molar-refractivity contribution is 5.71. The fourth-order valence-electron chi connectivity index (χ4n) is 1.51. The molecule has 124 valence electrons. The average molecular weight is 317 g/mol. The van der Waals surface area contributed by atoms with Crippen LogP contribution in [0.2, 0.25) is 0 Å². The summed E-state index contributed by atoms with van der Waals surface area (Å²) in [6.45, 7) is 10.2. The summed E-state index contributed by atoms with van der Waals surface area (Å²) in [6.07, 6.45) is 2.32. The Labute approximate surface area is 136 Å². The zero-order chi connectivity index (χ0) is 17.3. The molecule has 0 aliphatic carbocycles. The van der Waals surface area contributed by atoms with Gasteiger partial charge in [-0.2, -0.15) is 0 Å². The number of carbonyl (C=O) groups excluding carboxylic acids is 1. The van der Waals surface area contributed by atoms with Gasteiger partial charge in [0.1, 0.15) is 12.4 Å². The van der Waals surface area contributed by atoms with E-state index < -0.39 is 0 Å². The summed E-state index contributed by atoms with van der Waals surface area (Å²) in [5.41, 5.74) is 7.02. The fourth-order valence-corrected chi connectivity index (χ4v) is 1.51. The number of amides is 1. The number of ether oxygens (including phenoxy) is 1. The Balaban J connectivity index is 0.000000238. The molecule has 23 heavy (non-hydrogen) atoms. The Bertz CT molecular complexity index is 613. The molecule has 0 bridgehead atoms. The molecule has 0 aliphatic rings. The van der Waals surface area contributed by atoms with Gasteiger partial charge in [-0.1, -0.05) is 38.6 Å². The molecule has 0 saturated carbocycles. The number of nitrogens with zero attached hydrogens (tertiary/aromatic N) is 1. The summed E-state index contributed by atoms with van der Waals surface area (Å²) in [6, 6.07) is 8.87. The number of carbonyl (C=O) groups is 1. The lowest BCUT2D eigenvalue weighted by atomic mass is 9.92. The van der Waals surface area contributed by atoms with E-state index in [9.17, 15) is 4.79 Å². The van der Waals surface area contributed by atoms with E-state index in [-0.39, 0.29) is 5.41 Å². The minimum absolute atomic E-state index is 0.0289. The second-order valence-corrected chi connectivity index (χ2v) is 5.75. The van der Waals surface area contributed by atoms with Gasteiger partial charge in [-0.15, -0.1) is 0 Å². The van der Waals surface area contributed by atoms with E-state index in [2.05, 4.69) is 37.8 Å². The lowest BCUT2D eigenvalue weighted by molar-refractivity contribution is -0.105. The standard InChI is InChI=1S/C10H11NO2.C7H12N2O/c1-2-7-13-10-5-3-9(4-6-10)11-8-12;1-7(2,3)5-4-6(8)10-9-5/h2-6,8H,1,7H2,(H,11,12);4H,8H2,1-3H3. The molecular formula is C17H23N3O3. The van der Waals surface area contributed by atoms with Gasteiger partial charge in [0.25, 0.3) is 0 Å². The summed E-state index contributed by atoms with van der Waals surface area (Å²) < 4.78 is 9.97. The second kappa shape index (κ2) is 8.63. The molecule has 0 unspecified atom stereocenters. The normalized spacial score (nSPS) is 10.2. The highest BCUT2D eigenvalue weighted by Crippen LogP contribution is 2.21. The molecule has 0 radical (unpaired) electrons. The highest BCUT2D eigenvalue weighted by Gasteiger charge is 2.17. The van der Waals surface area contributed by atoms with Crippen molar-refractivity contribution in [1.29, 1.82) is 0 Å². The van der Waals surface area contributed by atoms with Crippen LogP contribution in [0, 0.1) is 0 Å². The molecule has 0 atom stereocenters. The molecule has 6 heteroatoms. The summed E-state index contributed by atoms with van der Waals surface area (Å²) >= 11 is 0. The van der Waals surface area contributed by atoms with Crippen LogP contribution < -0.4 is 15.8 Å². The number of nitrogen functional groups attached to an aromatic ring is 1. The van der Waals surface area contributed by atoms with Gasteiger partial charge < -0.3 is 20.3 Å². The van der Waals surface area contributed by atoms with E-state index in [4.69, 9.17) is 15.0 Å². The van der Waals surface area contributed by atoms with Gasteiger partial charge in [0.2, 0.25) is 12.3 Å². The Morgan fingerprint density at radius 1 is 1.35 bits per heavy atom. The molecule has 0 saturated heterocycles. The quantitative estimate of drug-likeness (QED) is 0.651. The van der Waals surface area contributed by atoms with Crippen LogP contribution in [0.3, 0.4) is 0 Å². The molecule has 1 heterocycles. The molecule has 0 fully saturated rings. The zero-order valence-electron chi connectivity index (χ0n) is 13.7. The van der Waals surface area contributed by atoms with Crippen molar-refractivity contribution >= 4 is 18.0 Å². The molecule has 1 aromatic carbocycles. The Morgan fingerprint density at radius 2 is 2.00 bits per heavy atom. The van der Waals surface area contributed by atoms with Gasteiger partial charge in [0.05, 0.1) is 5.69 Å². The van der Waals surface area contributed by atoms with Crippen molar-refractivity contribution in [3.8, 4) is 5.75 Å². The monoisotopic (exact) mass is 317 g/mol. The average Bonchev–Trinajstić information content (AvgIpc) is 2.94. The summed E-state index contributed by atoms with van der Waals surface area (Å²) in [4.78, 5) is 10.1. The van der Waals surface area contributed by atoms with E-state index in [1.807, 2.05) is 0 Å². The Kier molecular flexibility index (Phi) is 6.86. The van der Waals surface area contributed by atoms with Crippen molar-refractivity contribution < 1.29 is 14.1 Å². The molecule has 6 nitrogen and oxygen atoms in total. The zero-order valence-corrected chi connectivity index (χ0v) is 13.7. The number of anilines is 2. The lowest BCUT2D eigenvalue weighted by Gasteiger charge is -2.12. The minimum atomic E-state index is 0.0289. The number of aromatic nitrogens is 1. The third kappa shape index (κ3) is 6.69. The van der Waals surface area contributed by atoms with Crippen LogP contribution in [0.1, 0.15) is 26.5 Å². The van der Waals surface area contributed by atoms with Crippen LogP contribution in [0.5, 0.6) is 5.75 Å². The van der Waals surface area contributed by atoms with E-state index in [0.29, 0.717) is 18.9 Å². The first-order chi connectivity index (χ1) is 10.9. The van der Waals surface area contributed by atoms with E-state index in [1.54, 1.807) is 36.4 Å². The fraction of sp³-hybridized carbons (Fsp3) is 0.294.